The largest absolute Gasteiger partial charge is 0.507 e. The van der Waals surface area contributed by atoms with E-state index in [9.17, 15) is 14.7 Å². The van der Waals surface area contributed by atoms with Crippen LogP contribution in [0.1, 0.15) is 48.4 Å². The van der Waals surface area contributed by atoms with E-state index in [2.05, 4.69) is 11.1 Å². The molecule has 0 saturated heterocycles. The van der Waals surface area contributed by atoms with Crippen molar-refractivity contribution < 1.29 is 29.0 Å². The molecule has 0 unspecified atom stereocenters. The van der Waals surface area contributed by atoms with Crippen LogP contribution in [0.15, 0.2) is 60.7 Å². The monoisotopic (exact) mass is 493 g/mol. The highest BCUT2D eigenvalue weighted by molar-refractivity contribution is 6.04. The second kappa shape index (κ2) is 12.8. The molecule has 2 amide bonds. The van der Waals surface area contributed by atoms with E-state index in [0.29, 0.717) is 39.4 Å². The van der Waals surface area contributed by atoms with Crippen LogP contribution in [0.5, 0.6) is 11.5 Å². The van der Waals surface area contributed by atoms with Crippen LogP contribution in [0.3, 0.4) is 0 Å². The van der Waals surface area contributed by atoms with Crippen LogP contribution in [0.25, 0.3) is 11.1 Å². The average molecular weight is 494 g/mol. The van der Waals surface area contributed by atoms with Gasteiger partial charge in [0, 0.05) is 34.1 Å². The average Bonchev–Trinajstić information content (AvgIpc) is 2.79. The minimum atomic E-state index is -0.449. The minimum Gasteiger partial charge on any atom is -0.507 e. The highest BCUT2D eigenvalue weighted by atomic mass is 16.5. The van der Waals surface area contributed by atoms with Crippen molar-refractivity contribution >= 4 is 29.7 Å². The van der Waals surface area contributed by atoms with Crippen molar-refractivity contribution in [3.8, 4) is 22.6 Å². The Hall–Kier alpha value is -4.53. The zero-order chi connectivity index (χ0) is 26.8. The molecule has 0 fully saturated rings. The van der Waals surface area contributed by atoms with Gasteiger partial charge in [0.1, 0.15) is 11.5 Å². The third-order valence-corrected chi connectivity index (χ3v) is 4.64. The number of anilines is 2. The third kappa shape index (κ3) is 7.76. The van der Waals surface area contributed by atoms with E-state index < -0.39 is 5.97 Å². The maximum absolute atomic E-state index is 12.4. The summed E-state index contributed by atoms with van der Waals surface area (Å²) in [5.41, 5.74) is 12.7. The standard InChI is InChI=1S/C26H28N2O5.CH3NO/c1-15(2)32-24-13-18(26(31)33-16(3)4)7-11-22(24)21-12-10-20(14-23(21)29)28-25(30)17-5-8-19(27)9-6-17;2-1-3/h5-16,29H,27H2,1-4H3,(H,28,30);1H,(H2,2,3). The highest BCUT2D eigenvalue weighted by Gasteiger charge is 2.18. The Bertz CT molecular complexity index is 1210. The number of esters is 1. The van der Waals surface area contributed by atoms with Gasteiger partial charge in [-0.05, 0) is 82.3 Å². The lowest BCUT2D eigenvalue weighted by molar-refractivity contribution is -0.106. The Morgan fingerprint density at radius 3 is 2.03 bits per heavy atom. The van der Waals surface area contributed by atoms with Gasteiger partial charge in [0.05, 0.1) is 17.8 Å². The number of benzene rings is 3. The van der Waals surface area contributed by atoms with Gasteiger partial charge in [-0.25, -0.2) is 4.79 Å². The number of amides is 2. The smallest absolute Gasteiger partial charge is 0.338 e. The van der Waals surface area contributed by atoms with Gasteiger partial charge >= 0.3 is 5.97 Å². The van der Waals surface area contributed by atoms with Crippen LogP contribution in [-0.4, -0.2) is 35.6 Å². The highest BCUT2D eigenvalue weighted by Crippen LogP contribution is 2.38. The second-order valence-electron chi connectivity index (χ2n) is 8.28. The van der Waals surface area contributed by atoms with Gasteiger partial charge in [0.25, 0.3) is 5.91 Å². The molecule has 0 atom stereocenters. The summed E-state index contributed by atoms with van der Waals surface area (Å²) in [6, 6.07) is 16.3. The van der Waals surface area contributed by atoms with Gasteiger partial charge in [0.15, 0.2) is 0 Å². The number of phenolic OH excluding ortho intramolecular Hbond substituents is 1. The molecule has 3 aromatic rings. The van der Waals surface area contributed by atoms with E-state index in [-0.39, 0.29) is 30.3 Å². The first-order valence-corrected chi connectivity index (χ1v) is 11.2. The number of hydrogen-bond acceptors (Lipinski definition) is 7. The summed E-state index contributed by atoms with van der Waals surface area (Å²) in [5.74, 6) is -0.373. The molecule has 6 N–H and O–H groups in total. The predicted octanol–water partition coefficient (Wildman–Crippen LogP) is 4.35. The molecule has 0 heterocycles. The molecule has 0 bridgehead atoms. The van der Waals surface area contributed by atoms with Gasteiger partial charge in [-0.15, -0.1) is 0 Å². The van der Waals surface area contributed by atoms with E-state index in [1.54, 1.807) is 68.4 Å². The number of ether oxygens (including phenoxy) is 2. The van der Waals surface area contributed by atoms with E-state index >= 15 is 0 Å². The number of carbonyl (C=O) groups is 3. The first-order chi connectivity index (χ1) is 17.0. The molecule has 0 aliphatic carbocycles. The molecule has 0 radical (unpaired) electrons. The minimum absolute atomic E-state index is 0.0452. The van der Waals surface area contributed by atoms with Gasteiger partial charge in [0.2, 0.25) is 6.41 Å². The van der Waals surface area contributed by atoms with Crippen molar-refractivity contribution in [3.05, 3.63) is 71.8 Å². The van der Waals surface area contributed by atoms with Crippen molar-refractivity contribution in [1.82, 2.24) is 0 Å². The SMILES string of the molecule is CC(C)OC(=O)c1ccc(-c2ccc(NC(=O)c3ccc(N)cc3)cc2O)c(OC(C)C)c1.NC=O. The number of phenols is 1. The summed E-state index contributed by atoms with van der Waals surface area (Å²) < 4.78 is 11.2. The van der Waals surface area contributed by atoms with E-state index in [4.69, 9.17) is 20.0 Å². The van der Waals surface area contributed by atoms with Gasteiger partial charge in [-0.2, -0.15) is 0 Å². The van der Waals surface area contributed by atoms with Crippen LogP contribution < -0.4 is 21.5 Å². The number of hydrogen-bond donors (Lipinski definition) is 4. The lowest BCUT2D eigenvalue weighted by Gasteiger charge is -2.17. The van der Waals surface area contributed by atoms with E-state index in [1.807, 2.05) is 13.8 Å². The van der Waals surface area contributed by atoms with Crippen LogP contribution in [0.4, 0.5) is 11.4 Å². The summed E-state index contributed by atoms with van der Waals surface area (Å²) >= 11 is 0. The lowest BCUT2D eigenvalue weighted by Crippen LogP contribution is -2.13. The number of nitrogens with two attached hydrogens (primary N) is 2. The molecule has 0 aliphatic rings. The number of nitrogen functional groups attached to an aromatic ring is 1. The fraction of sp³-hybridized carbons (Fsp3) is 0.222. The van der Waals surface area contributed by atoms with Gasteiger partial charge in [-0.1, -0.05) is 0 Å². The molecule has 0 aromatic heterocycles. The Morgan fingerprint density at radius 1 is 0.889 bits per heavy atom. The van der Waals surface area contributed by atoms with Crippen molar-refractivity contribution in [2.45, 2.75) is 39.9 Å². The third-order valence-electron chi connectivity index (χ3n) is 4.64. The summed E-state index contributed by atoms with van der Waals surface area (Å²) in [6.45, 7) is 7.31. The predicted molar refractivity (Wildman–Crippen MR) is 139 cm³/mol. The normalized spacial score (nSPS) is 10.3. The van der Waals surface area contributed by atoms with Crippen molar-refractivity contribution in [3.63, 3.8) is 0 Å². The molecule has 0 aliphatic heterocycles. The fourth-order valence-corrected chi connectivity index (χ4v) is 3.18. The molecule has 9 heteroatoms. The number of primary amides is 1. The molecule has 36 heavy (non-hydrogen) atoms. The van der Waals surface area contributed by atoms with Crippen molar-refractivity contribution in [2.24, 2.45) is 5.73 Å². The van der Waals surface area contributed by atoms with Crippen molar-refractivity contribution in [1.29, 1.82) is 0 Å². The maximum Gasteiger partial charge on any atom is 0.338 e. The first kappa shape index (κ1) is 27.7. The number of rotatable bonds is 7. The van der Waals surface area contributed by atoms with E-state index in [0.717, 1.165) is 0 Å². The summed E-state index contributed by atoms with van der Waals surface area (Å²) in [5, 5.41) is 13.5. The topological polar surface area (TPSA) is 154 Å². The molecular formula is C27H31N3O6. The molecule has 0 saturated carbocycles. The Morgan fingerprint density at radius 2 is 1.47 bits per heavy atom. The summed E-state index contributed by atoms with van der Waals surface area (Å²) in [7, 11) is 0. The number of carbonyl (C=O) groups excluding carboxylic acids is 3. The molecule has 3 aromatic carbocycles. The van der Waals surface area contributed by atoms with Crippen LogP contribution in [0, 0.1) is 0 Å². The molecule has 0 spiro atoms. The van der Waals surface area contributed by atoms with Gasteiger partial charge in [-0.3, -0.25) is 9.59 Å². The molecular weight excluding hydrogens is 462 g/mol. The zero-order valence-corrected chi connectivity index (χ0v) is 20.6. The Balaban J connectivity index is 0.00000145. The Kier molecular flexibility index (Phi) is 9.85. The summed E-state index contributed by atoms with van der Waals surface area (Å²) in [6.07, 6.45) is -0.146. The van der Waals surface area contributed by atoms with Gasteiger partial charge < -0.3 is 31.4 Å². The number of nitrogens with one attached hydrogen (secondary N) is 1. The fourth-order valence-electron chi connectivity index (χ4n) is 3.18. The van der Waals surface area contributed by atoms with Crippen LogP contribution >= 0.6 is 0 Å². The van der Waals surface area contributed by atoms with Crippen LogP contribution in [0.2, 0.25) is 0 Å². The molecule has 190 valence electrons. The first-order valence-electron chi connectivity index (χ1n) is 11.2. The van der Waals surface area contributed by atoms with Crippen molar-refractivity contribution in [2.75, 3.05) is 11.1 Å². The zero-order valence-electron chi connectivity index (χ0n) is 20.6. The Labute approximate surface area is 210 Å². The second-order valence-corrected chi connectivity index (χ2v) is 8.28. The molecule has 9 nitrogen and oxygen atoms in total. The quantitative estimate of drug-likeness (QED) is 0.217. The lowest BCUT2D eigenvalue weighted by atomic mass is 10.0. The van der Waals surface area contributed by atoms with Crippen LogP contribution in [-0.2, 0) is 9.53 Å². The summed E-state index contributed by atoms with van der Waals surface area (Å²) in [4.78, 5) is 33.3. The maximum atomic E-state index is 12.4. The number of aromatic hydroxyl groups is 1. The molecule has 3 rings (SSSR count). The van der Waals surface area contributed by atoms with E-state index in [1.165, 1.54) is 6.07 Å².